The minimum atomic E-state index is 0.432. The molecule has 19 heavy (non-hydrogen) atoms. The van der Waals surface area contributed by atoms with E-state index in [1.165, 1.54) is 5.56 Å². The normalized spacial score (nSPS) is 10.8. The van der Waals surface area contributed by atoms with Crippen molar-refractivity contribution in [3.05, 3.63) is 59.2 Å². The fraction of sp³-hybridized carbons (Fsp3) is 0.294. The van der Waals surface area contributed by atoms with E-state index in [-0.39, 0.29) is 0 Å². The third-order valence-electron chi connectivity index (χ3n) is 3.27. The second-order valence-corrected chi connectivity index (χ2v) is 5.06. The first kappa shape index (κ1) is 13.6. The standard InChI is InChI=1S/C17H21NO/c1-12(2)15-9-4-5-10-16(15)19-17-13(3)7-6-8-14(17)11-18/h4-10,12H,11,18H2,1-3H3. The van der Waals surface area contributed by atoms with Crippen LogP contribution in [0, 0.1) is 6.92 Å². The van der Waals surface area contributed by atoms with Gasteiger partial charge < -0.3 is 10.5 Å². The van der Waals surface area contributed by atoms with Crippen molar-refractivity contribution in [2.24, 2.45) is 5.73 Å². The lowest BCUT2D eigenvalue weighted by Gasteiger charge is -2.17. The summed E-state index contributed by atoms with van der Waals surface area (Å²) in [6.45, 7) is 6.88. The van der Waals surface area contributed by atoms with E-state index in [0.717, 1.165) is 22.6 Å². The van der Waals surface area contributed by atoms with Crippen molar-refractivity contribution in [3.63, 3.8) is 0 Å². The molecule has 0 aromatic heterocycles. The first-order valence-corrected chi connectivity index (χ1v) is 6.68. The Bertz CT molecular complexity index is 561. The van der Waals surface area contributed by atoms with Gasteiger partial charge in [0.2, 0.25) is 0 Å². The minimum Gasteiger partial charge on any atom is -0.456 e. The smallest absolute Gasteiger partial charge is 0.134 e. The first-order valence-electron chi connectivity index (χ1n) is 6.68. The van der Waals surface area contributed by atoms with Crippen LogP contribution in [0.2, 0.25) is 0 Å². The van der Waals surface area contributed by atoms with Crippen molar-refractivity contribution >= 4 is 0 Å². The van der Waals surface area contributed by atoms with Gasteiger partial charge in [-0.15, -0.1) is 0 Å². The predicted octanol–water partition coefficient (Wildman–Crippen LogP) is 4.37. The quantitative estimate of drug-likeness (QED) is 0.880. The van der Waals surface area contributed by atoms with Gasteiger partial charge in [0, 0.05) is 12.1 Å². The summed E-state index contributed by atoms with van der Waals surface area (Å²) in [6, 6.07) is 14.2. The minimum absolute atomic E-state index is 0.432. The number of ether oxygens (including phenoxy) is 1. The molecule has 2 rings (SSSR count). The molecule has 0 amide bonds. The molecule has 2 aromatic carbocycles. The molecule has 0 unspecified atom stereocenters. The Morgan fingerprint density at radius 3 is 2.47 bits per heavy atom. The van der Waals surface area contributed by atoms with E-state index in [4.69, 9.17) is 10.5 Å². The average molecular weight is 255 g/mol. The van der Waals surface area contributed by atoms with Crippen molar-refractivity contribution in [1.29, 1.82) is 0 Å². The van der Waals surface area contributed by atoms with Crippen LogP contribution in [0.5, 0.6) is 11.5 Å². The predicted molar refractivity (Wildman–Crippen MR) is 79.7 cm³/mol. The van der Waals surface area contributed by atoms with Gasteiger partial charge in [0.1, 0.15) is 11.5 Å². The van der Waals surface area contributed by atoms with E-state index in [9.17, 15) is 0 Å². The molecule has 0 aliphatic heterocycles. The summed E-state index contributed by atoms with van der Waals surface area (Å²) in [6.07, 6.45) is 0. The highest BCUT2D eigenvalue weighted by molar-refractivity contribution is 5.46. The van der Waals surface area contributed by atoms with Gasteiger partial charge in [-0.1, -0.05) is 50.2 Å². The van der Waals surface area contributed by atoms with Gasteiger partial charge in [-0.05, 0) is 30.0 Å². The molecule has 100 valence electrons. The molecule has 2 aromatic rings. The van der Waals surface area contributed by atoms with Gasteiger partial charge in [0.25, 0.3) is 0 Å². The van der Waals surface area contributed by atoms with Crippen LogP contribution in [0.15, 0.2) is 42.5 Å². The molecule has 0 fully saturated rings. The Kier molecular flexibility index (Phi) is 4.23. The van der Waals surface area contributed by atoms with Crippen LogP contribution < -0.4 is 10.5 Å². The van der Waals surface area contributed by atoms with E-state index in [2.05, 4.69) is 19.9 Å². The molecule has 0 saturated carbocycles. The summed E-state index contributed by atoms with van der Waals surface area (Å²) in [5.74, 6) is 2.24. The Balaban J connectivity index is 2.42. The Morgan fingerprint density at radius 1 is 1.05 bits per heavy atom. The van der Waals surface area contributed by atoms with Gasteiger partial charge in [-0.2, -0.15) is 0 Å². The molecule has 0 radical (unpaired) electrons. The molecule has 2 nitrogen and oxygen atoms in total. The van der Waals surface area contributed by atoms with E-state index in [0.29, 0.717) is 12.5 Å². The van der Waals surface area contributed by atoms with Gasteiger partial charge in [0.15, 0.2) is 0 Å². The zero-order chi connectivity index (χ0) is 13.8. The molecule has 0 bridgehead atoms. The Hall–Kier alpha value is -1.80. The third kappa shape index (κ3) is 2.96. The number of hydrogen-bond donors (Lipinski definition) is 1. The Labute approximate surface area is 115 Å². The van der Waals surface area contributed by atoms with Gasteiger partial charge in [-0.25, -0.2) is 0 Å². The molecule has 2 N–H and O–H groups in total. The van der Waals surface area contributed by atoms with Crippen LogP contribution in [-0.2, 0) is 6.54 Å². The molecular weight excluding hydrogens is 234 g/mol. The number of rotatable bonds is 4. The van der Waals surface area contributed by atoms with Crippen LogP contribution in [-0.4, -0.2) is 0 Å². The van der Waals surface area contributed by atoms with E-state index in [1.807, 2.05) is 43.3 Å². The lowest BCUT2D eigenvalue weighted by molar-refractivity contribution is 0.463. The zero-order valence-corrected chi connectivity index (χ0v) is 11.8. The fourth-order valence-corrected chi connectivity index (χ4v) is 2.18. The molecule has 0 spiro atoms. The highest BCUT2D eigenvalue weighted by atomic mass is 16.5. The zero-order valence-electron chi connectivity index (χ0n) is 11.8. The molecular formula is C17H21NO. The molecule has 0 heterocycles. The number of para-hydroxylation sites is 2. The van der Waals surface area contributed by atoms with Gasteiger partial charge >= 0.3 is 0 Å². The number of hydrogen-bond acceptors (Lipinski definition) is 2. The summed E-state index contributed by atoms with van der Waals surface area (Å²) < 4.78 is 6.14. The van der Waals surface area contributed by atoms with E-state index < -0.39 is 0 Å². The van der Waals surface area contributed by atoms with Crippen LogP contribution in [0.4, 0.5) is 0 Å². The van der Waals surface area contributed by atoms with Crippen molar-refractivity contribution in [3.8, 4) is 11.5 Å². The fourth-order valence-electron chi connectivity index (χ4n) is 2.18. The average Bonchev–Trinajstić information content (AvgIpc) is 2.41. The number of aryl methyl sites for hydroxylation is 1. The van der Waals surface area contributed by atoms with Crippen LogP contribution in [0.1, 0.15) is 36.5 Å². The summed E-state index contributed by atoms with van der Waals surface area (Å²) in [5.41, 5.74) is 9.16. The number of benzene rings is 2. The Morgan fingerprint density at radius 2 is 1.79 bits per heavy atom. The van der Waals surface area contributed by atoms with Crippen molar-refractivity contribution in [2.45, 2.75) is 33.2 Å². The molecule has 2 heteroatoms. The lowest BCUT2D eigenvalue weighted by atomic mass is 10.0. The van der Waals surface area contributed by atoms with Gasteiger partial charge in [-0.3, -0.25) is 0 Å². The third-order valence-corrected chi connectivity index (χ3v) is 3.27. The van der Waals surface area contributed by atoms with E-state index >= 15 is 0 Å². The monoisotopic (exact) mass is 255 g/mol. The van der Waals surface area contributed by atoms with Crippen LogP contribution >= 0.6 is 0 Å². The SMILES string of the molecule is Cc1cccc(CN)c1Oc1ccccc1C(C)C. The lowest BCUT2D eigenvalue weighted by Crippen LogP contribution is -2.02. The van der Waals surface area contributed by atoms with E-state index in [1.54, 1.807) is 0 Å². The highest BCUT2D eigenvalue weighted by Gasteiger charge is 2.11. The maximum atomic E-state index is 6.14. The summed E-state index contributed by atoms with van der Waals surface area (Å²) in [7, 11) is 0. The highest BCUT2D eigenvalue weighted by Crippen LogP contribution is 2.33. The van der Waals surface area contributed by atoms with Crippen LogP contribution in [0.25, 0.3) is 0 Å². The van der Waals surface area contributed by atoms with Crippen molar-refractivity contribution < 1.29 is 4.74 Å². The van der Waals surface area contributed by atoms with Gasteiger partial charge in [0.05, 0.1) is 0 Å². The molecule has 0 saturated heterocycles. The van der Waals surface area contributed by atoms with Crippen LogP contribution in [0.3, 0.4) is 0 Å². The maximum absolute atomic E-state index is 6.14. The molecule has 0 aliphatic rings. The molecule has 0 aliphatic carbocycles. The number of nitrogens with two attached hydrogens (primary N) is 1. The van der Waals surface area contributed by atoms with Crippen molar-refractivity contribution in [1.82, 2.24) is 0 Å². The first-order chi connectivity index (χ1) is 9.13. The summed E-state index contributed by atoms with van der Waals surface area (Å²) in [4.78, 5) is 0. The summed E-state index contributed by atoms with van der Waals surface area (Å²) >= 11 is 0. The topological polar surface area (TPSA) is 35.2 Å². The largest absolute Gasteiger partial charge is 0.456 e. The second kappa shape index (κ2) is 5.89. The molecule has 0 atom stereocenters. The van der Waals surface area contributed by atoms with Crippen molar-refractivity contribution in [2.75, 3.05) is 0 Å². The maximum Gasteiger partial charge on any atom is 0.134 e. The summed E-state index contributed by atoms with van der Waals surface area (Å²) in [5, 5.41) is 0. The second-order valence-electron chi connectivity index (χ2n) is 5.06.